The zero-order chi connectivity index (χ0) is 9.14. The Hall–Kier alpha value is -1.46. The van der Waals surface area contributed by atoms with Gasteiger partial charge in [-0.15, -0.1) is 12.4 Å². The molecule has 0 saturated heterocycles. The molecule has 0 atom stereocenters. The van der Waals surface area contributed by atoms with Gasteiger partial charge in [-0.3, -0.25) is 0 Å². The van der Waals surface area contributed by atoms with Crippen LogP contribution in [-0.2, 0) is 0 Å². The quantitative estimate of drug-likeness (QED) is 0.699. The number of nitriles is 1. The summed E-state index contributed by atoms with van der Waals surface area (Å²) in [6.07, 6.45) is 0. The van der Waals surface area contributed by atoms with Gasteiger partial charge in [0.1, 0.15) is 0 Å². The third-order valence-corrected chi connectivity index (χ3v) is 1.64. The van der Waals surface area contributed by atoms with E-state index < -0.39 is 0 Å². The molecule has 0 aromatic heterocycles. The lowest BCUT2D eigenvalue weighted by Gasteiger charge is -2.03. The van der Waals surface area contributed by atoms with Crippen molar-refractivity contribution in [3.8, 4) is 6.07 Å². The number of allylic oxidation sites excluding steroid dienone is 1. The molecule has 3 heteroatoms. The molecule has 0 radical (unpaired) electrons. The van der Waals surface area contributed by atoms with Gasteiger partial charge in [0.05, 0.1) is 11.6 Å². The normalized spacial score (nSPS) is 8.31. The van der Waals surface area contributed by atoms with Gasteiger partial charge < -0.3 is 5.73 Å². The number of benzene rings is 1. The molecule has 0 aliphatic rings. The average molecular weight is 195 g/mol. The molecular formula is C10H11ClN2. The van der Waals surface area contributed by atoms with Crippen molar-refractivity contribution in [2.24, 2.45) is 0 Å². The summed E-state index contributed by atoms with van der Waals surface area (Å²) in [7, 11) is 0. The SMILES string of the molecule is C=C(C)c1cc(C#N)ccc1N.Cl. The highest BCUT2D eigenvalue weighted by molar-refractivity contribution is 5.85. The third-order valence-electron chi connectivity index (χ3n) is 1.64. The second kappa shape index (κ2) is 4.54. The molecule has 2 nitrogen and oxygen atoms in total. The van der Waals surface area contributed by atoms with E-state index in [1.165, 1.54) is 0 Å². The van der Waals surface area contributed by atoms with Crippen LogP contribution in [-0.4, -0.2) is 0 Å². The Morgan fingerprint density at radius 2 is 2.15 bits per heavy atom. The number of halogens is 1. The van der Waals surface area contributed by atoms with Gasteiger partial charge in [0.25, 0.3) is 0 Å². The van der Waals surface area contributed by atoms with E-state index in [-0.39, 0.29) is 12.4 Å². The Balaban J connectivity index is 0.00000144. The van der Waals surface area contributed by atoms with Gasteiger partial charge in [-0.2, -0.15) is 5.26 Å². The number of hydrogen-bond acceptors (Lipinski definition) is 2. The summed E-state index contributed by atoms with van der Waals surface area (Å²) in [5.74, 6) is 0. The molecule has 0 aliphatic heterocycles. The number of hydrogen-bond donors (Lipinski definition) is 1. The Morgan fingerprint density at radius 3 is 2.62 bits per heavy atom. The Bertz CT molecular complexity index is 364. The molecular weight excluding hydrogens is 184 g/mol. The molecule has 2 N–H and O–H groups in total. The molecule has 0 saturated carbocycles. The fourth-order valence-corrected chi connectivity index (χ4v) is 0.995. The molecule has 0 spiro atoms. The van der Waals surface area contributed by atoms with Crippen molar-refractivity contribution in [3.05, 3.63) is 35.9 Å². The number of nitrogen functional groups attached to an aromatic ring is 1. The van der Waals surface area contributed by atoms with E-state index in [0.29, 0.717) is 11.3 Å². The van der Waals surface area contributed by atoms with Crippen LogP contribution in [0.2, 0.25) is 0 Å². The fourth-order valence-electron chi connectivity index (χ4n) is 0.995. The third kappa shape index (κ3) is 2.50. The van der Waals surface area contributed by atoms with Crippen molar-refractivity contribution >= 4 is 23.7 Å². The average Bonchev–Trinajstić information content (AvgIpc) is 2.05. The minimum Gasteiger partial charge on any atom is -0.398 e. The van der Waals surface area contributed by atoms with Crippen LogP contribution in [0.1, 0.15) is 18.1 Å². The molecule has 0 amide bonds. The molecule has 0 bridgehead atoms. The maximum Gasteiger partial charge on any atom is 0.0991 e. The molecule has 13 heavy (non-hydrogen) atoms. The van der Waals surface area contributed by atoms with Crippen molar-refractivity contribution < 1.29 is 0 Å². The van der Waals surface area contributed by atoms with E-state index >= 15 is 0 Å². The summed E-state index contributed by atoms with van der Waals surface area (Å²) >= 11 is 0. The molecule has 0 heterocycles. The summed E-state index contributed by atoms with van der Waals surface area (Å²) in [4.78, 5) is 0. The molecule has 1 rings (SSSR count). The summed E-state index contributed by atoms with van der Waals surface area (Å²) in [5, 5.41) is 8.61. The maximum atomic E-state index is 8.61. The van der Waals surface area contributed by atoms with Crippen LogP contribution in [0.25, 0.3) is 5.57 Å². The topological polar surface area (TPSA) is 49.8 Å². The number of nitrogens with zero attached hydrogens (tertiary/aromatic N) is 1. The lowest BCUT2D eigenvalue weighted by molar-refractivity contribution is 1.47. The molecule has 0 unspecified atom stereocenters. The van der Waals surface area contributed by atoms with Crippen LogP contribution in [0.15, 0.2) is 24.8 Å². The van der Waals surface area contributed by atoms with Crippen LogP contribution in [0.4, 0.5) is 5.69 Å². The van der Waals surface area contributed by atoms with Gasteiger partial charge in [0, 0.05) is 11.3 Å². The molecule has 0 fully saturated rings. The fraction of sp³-hybridized carbons (Fsp3) is 0.100. The number of rotatable bonds is 1. The highest BCUT2D eigenvalue weighted by atomic mass is 35.5. The number of anilines is 1. The van der Waals surface area contributed by atoms with Crippen LogP contribution < -0.4 is 5.73 Å². The van der Waals surface area contributed by atoms with Crippen LogP contribution in [0, 0.1) is 11.3 Å². The first-order chi connectivity index (χ1) is 5.65. The van der Waals surface area contributed by atoms with Gasteiger partial charge in [0.2, 0.25) is 0 Å². The summed E-state index contributed by atoms with van der Waals surface area (Å²) < 4.78 is 0. The van der Waals surface area contributed by atoms with Crippen LogP contribution >= 0.6 is 12.4 Å². The van der Waals surface area contributed by atoms with Gasteiger partial charge in [-0.1, -0.05) is 6.58 Å². The van der Waals surface area contributed by atoms with Crippen LogP contribution in [0.5, 0.6) is 0 Å². The van der Waals surface area contributed by atoms with Gasteiger partial charge in [0.15, 0.2) is 0 Å². The van der Waals surface area contributed by atoms with Crippen molar-refractivity contribution in [3.63, 3.8) is 0 Å². The first kappa shape index (κ1) is 11.5. The first-order valence-corrected chi connectivity index (χ1v) is 3.60. The van der Waals surface area contributed by atoms with Gasteiger partial charge in [-0.25, -0.2) is 0 Å². The standard InChI is InChI=1S/C10H10N2.ClH/c1-7(2)9-5-8(6-11)3-4-10(9)12;/h3-5H,1,12H2,2H3;1H. The van der Waals surface area contributed by atoms with E-state index in [4.69, 9.17) is 11.0 Å². The zero-order valence-corrected chi connectivity index (χ0v) is 8.19. The molecule has 1 aromatic carbocycles. The zero-order valence-electron chi connectivity index (χ0n) is 7.37. The summed E-state index contributed by atoms with van der Waals surface area (Å²) in [6, 6.07) is 7.22. The Kier molecular flexibility index (Phi) is 4.03. The Labute approximate surface area is 84.1 Å². The van der Waals surface area contributed by atoms with Crippen LogP contribution in [0.3, 0.4) is 0 Å². The Morgan fingerprint density at radius 1 is 1.54 bits per heavy atom. The lowest BCUT2D eigenvalue weighted by atomic mass is 10.0. The predicted octanol–water partition coefficient (Wildman–Crippen LogP) is 2.60. The minimum atomic E-state index is 0. The monoisotopic (exact) mass is 194 g/mol. The van der Waals surface area contributed by atoms with Gasteiger partial charge >= 0.3 is 0 Å². The first-order valence-electron chi connectivity index (χ1n) is 3.60. The maximum absolute atomic E-state index is 8.61. The van der Waals surface area contributed by atoms with E-state index in [0.717, 1.165) is 11.1 Å². The largest absolute Gasteiger partial charge is 0.398 e. The molecule has 0 aliphatic carbocycles. The highest BCUT2D eigenvalue weighted by Gasteiger charge is 2.00. The highest BCUT2D eigenvalue weighted by Crippen LogP contribution is 2.20. The lowest BCUT2D eigenvalue weighted by Crippen LogP contribution is -1.92. The molecule has 68 valence electrons. The van der Waals surface area contributed by atoms with E-state index in [1.54, 1.807) is 18.2 Å². The second-order valence-electron chi connectivity index (χ2n) is 2.69. The van der Waals surface area contributed by atoms with Crippen molar-refractivity contribution in [1.82, 2.24) is 0 Å². The van der Waals surface area contributed by atoms with Crippen molar-refractivity contribution in [2.45, 2.75) is 6.92 Å². The smallest absolute Gasteiger partial charge is 0.0991 e. The summed E-state index contributed by atoms with van der Waals surface area (Å²) in [6.45, 7) is 5.64. The van der Waals surface area contributed by atoms with E-state index in [2.05, 4.69) is 12.6 Å². The van der Waals surface area contributed by atoms with E-state index in [1.807, 2.05) is 6.92 Å². The number of nitrogens with two attached hydrogens (primary N) is 1. The summed E-state index contributed by atoms with van der Waals surface area (Å²) in [5.41, 5.74) is 8.69. The predicted molar refractivity (Wildman–Crippen MR) is 57.5 cm³/mol. The van der Waals surface area contributed by atoms with Crippen molar-refractivity contribution in [1.29, 1.82) is 5.26 Å². The van der Waals surface area contributed by atoms with E-state index in [9.17, 15) is 0 Å². The minimum absolute atomic E-state index is 0. The molecule has 1 aromatic rings. The van der Waals surface area contributed by atoms with Crippen molar-refractivity contribution in [2.75, 3.05) is 5.73 Å². The second-order valence-corrected chi connectivity index (χ2v) is 2.69. The van der Waals surface area contributed by atoms with Gasteiger partial charge in [-0.05, 0) is 30.7 Å².